The molecule has 0 aromatic carbocycles. The molecule has 6 nitrogen and oxygen atoms in total. The molecule has 0 aliphatic rings. The van der Waals surface area contributed by atoms with E-state index in [1.54, 1.807) is 0 Å². The molecule has 0 aromatic heterocycles. The number of carbonyl (C=O) groups is 3. The van der Waals surface area contributed by atoms with Gasteiger partial charge in [-0.2, -0.15) is 0 Å². The molecule has 0 saturated heterocycles. The Bertz CT molecular complexity index is 713. The number of hydrogen-bond donors (Lipinski definition) is 2. The number of allylic oxidation sites excluding steroid dienone is 5. The number of aliphatic carboxylic acids is 1. The van der Waals surface area contributed by atoms with Crippen molar-refractivity contribution in [2.45, 2.75) is 155 Å². The minimum absolute atomic E-state index is 0.110. The quantitative estimate of drug-likeness (QED) is 0.0565. The van der Waals surface area contributed by atoms with E-state index in [1.807, 2.05) is 6.08 Å². The van der Waals surface area contributed by atoms with Crippen LogP contribution in [0.2, 0.25) is 0 Å². The first-order valence-electron chi connectivity index (χ1n) is 16.1. The lowest BCUT2D eigenvalue weighted by Gasteiger charge is -2.14. The number of esters is 1. The van der Waals surface area contributed by atoms with Gasteiger partial charge in [0.05, 0.1) is 0 Å². The van der Waals surface area contributed by atoms with Crippen molar-refractivity contribution in [1.29, 1.82) is 0 Å². The van der Waals surface area contributed by atoms with Crippen molar-refractivity contribution in [2.75, 3.05) is 6.54 Å². The van der Waals surface area contributed by atoms with Gasteiger partial charge in [0.2, 0.25) is 5.91 Å². The summed E-state index contributed by atoms with van der Waals surface area (Å²) in [7, 11) is 0. The van der Waals surface area contributed by atoms with Crippen LogP contribution in [0.3, 0.4) is 0 Å². The molecule has 0 aliphatic heterocycles. The highest BCUT2D eigenvalue weighted by atomic mass is 16.5. The summed E-state index contributed by atoms with van der Waals surface area (Å²) in [5.41, 5.74) is 0. The Kier molecular flexibility index (Phi) is 27.9. The summed E-state index contributed by atoms with van der Waals surface area (Å²) >= 11 is 0. The van der Waals surface area contributed by atoms with E-state index < -0.39 is 5.97 Å². The number of amides is 1. The summed E-state index contributed by atoms with van der Waals surface area (Å²) in [6.07, 6.45) is 34.2. The Balaban J connectivity index is 4.27. The Labute approximate surface area is 245 Å². The number of hydrogen-bond acceptors (Lipinski definition) is 4. The number of rotatable bonds is 28. The molecule has 40 heavy (non-hydrogen) atoms. The average molecular weight is 562 g/mol. The number of nitrogens with one attached hydrogen (secondary N) is 1. The zero-order chi connectivity index (χ0) is 29.5. The minimum Gasteiger partial charge on any atom is -0.480 e. The molecule has 0 radical (unpaired) electrons. The van der Waals surface area contributed by atoms with Crippen LogP contribution in [0.5, 0.6) is 0 Å². The predicted octanol–water partition coefficient (Wildman–Crippen LogP) is 9.00. The number of carbonyl (C=O) groups excluding carboxylic acids is 2. The number of carboxylic acid groups (broad SMARTS) is 1. The van der Waals surface area contributed by atoms with Crippen LogP contribution in [0.4, 0.5) is 0 Å². The van der Waals surface area contributed by atoms with E-state index >= 15 is 0 Å². The molecule has 230 valence electrons. The van der Waals surface area contributed by atoms with Crippen molar-refractivity contribution in [2.24, 2.45) is 0 Å². The standard InChI is InChI=1S/C34H59NO5/c1-3-5-7-9-11-13-14-15-17-19-25-29-34(39)40-31(26-22-18-16-12-10-8-6-4-2)27-23-20-21-24-28-32(36)35-30-33(37)38/h6,8,12,16,22,26,31H,3-5,7,9-11,13-15,17-21,23-25,27-30H2,1-2H3,(H,35,36)(H,37,38)/b8-6-,16-12-,26-22-. The predicted molar refractivity (Wildman–Crippen MR) is 166 cm³/mol. The zero-order valence-electron chi connectivity index (χ0n) is 25.7. The normalized spacial score (nSPS) is 12.4. The lowest BCUT2D eigenvalue weighted by molar-refractivity contribution is -0.147. The molecule has 1 atom stereocenters. The van der Waals surface area contributed by atoms with Gasteiger partial charge in [-0.15, -0.1) is 0 Å². The van der Waals surface area contributed by atoms with E-state index in [4.69, 9.17) is 9.84 Å². The van der Waals surface area contributed by atoms with Crippen LogP contribution in [0.1, 0.15) is 149 Å². The fraction of sp³-hybridized carbons (Fsp3) is 0.735. The zero-order valence-corrected chi connectivity index (χ0v) is 25.7. The van der Waals surface area contributed by atoms with Crippen LogP contribution >= 0.6 is 0 Å². The molecule has 0 aliphatic carbocycles. The van der Waals surface area contributed by atoms with Crippen molar-refractivity contribution < 1.29 is 24.2 Å². The van der Waals surface area contributed by atoms with Gasteiger partial charge < -0.3 is 15.2 Å². The van der Waals surface area contributed by atoms with Gasteiger partial charge in [0.1, 0.15) is 12.6 Å². The van der Waals surface area contributed by atoms with Gasteiger partial charge in [0.15, 0.2) is 0 Å². The lowest BCUT2D eigenvalue weighted by Crippen LogP contribution is -2.28. The summed E-state index contributed by atoms with van der Waals surface area (Å²) < 4.78 is 5.82. The van der Waals surface area contributed by atoms with Crippen LogP contribution in [0.15, 0.2) is 36.5 Å². The lowest BCUT2D eigenvalue weighted by atomic mass is 10.1. The second-order valence-corrected chi connectivity index (χ2v) is 10.7. The Morgan fingerprint density at radius 1 is 0.675 bits per heavy atom. The molecule has 6 heteroatoms. The van der Waals surface area contributed by atoms with Gasteiger partial charge in [-0.25, -0.2) is 0 Å². The highest BCUT2D eigenvalue weighted by Gasteiger charge is 2.11. The first kappa shape index (κ1) is 37.6. The summed E-state index contributed by atoms with van der Waals surface area (Å²) in [5, 5.41) is 11.0. The van der Waals surface area contributed by atoms with E-state index in [0.29, 0.717) is 12.8 Å². The van der Waals surface area contributed by atoms with Crippen molar-refractivity contribution >= 4 is 17.8 Å². The number of unbranched alkanes of at least 4 members (excludes halogenated alkanes) is 13. The molecule has 0 fully saturated rings. The van der Waals surface area contributed by atoms with Crippen LogP contribution in [0, 0.1) is 0 Å². The molecule has 0 bridgehead atoms. The van der Waals surface area contributed by atoms with E-state index in [9.17, 15) is 14.4 Å². The molecular weight excluding hydrogens is 502 g/mol. The van der Waals surface area contributed by atoms with Gasteiger partial charge in [-0.1, -0.05) is 121 Å². The summed E-state index contributed by atoms with van der Waals surface area (Å²) in [4.78, 5) is 34.6. The molecule has 0 rings (SSSR count). The third-order valence-electron chi connectivity index (χ3n) is 6.81. The second kappa shape index (κ2) is 29.6. The van der Waals surface area contributed by atoms with Gasteiger partial charge in [-0.05, 0) is 51.0 Å². The largest absolute Gasteiger partial charge is 0.480 e. The fourth-order valence-corrected chi connectivity index (χ4v) is 4.45. The van der Waals surface area contributed by atoms with Crippen molar-refractivity contribution in [3.63, 3.8) is 0 Å². The van der Waals surface area contributed by atoms with Crippen LogP contribution < -0.4 is 5.32 Å². The van der Waals surface area contributed by atoms with Gasteiger partial charge in [0, 0.05) is 12.8 Å². The van der Waals surface area contributed by atoms with E-state index in [1.165, 1.54) is 57.8 Å². The maximum absolute atomic E-state index is 12.5. The fourth-order valence-electron chi connectivity index (χ4n) is 4.45. The second-order valence-electron chi connectivity index (χ2n) is 10.7. The number of carboxylic acids is 1. The smallest absolute Gasteiger partial charge is 0.322 e. The number of ether oxygens (including phenoxy) is 1. The SMILES string of the molecule is CC/C=C\C/C=C\C/C=C\C(CCCCCCC(=O)NCC(=O)O)OC(=O)CCCCCCCCCCCCC. The summed E-state index contributed by atoms with van der Waals surface area (Å²) in [6, 6.07) is 0. The first-order valence-corrected chi connectivity index (χ1v) is 16.1. The molecule has 0 spiro atoms. The highest BCUT2D eigenvalue weighted by Crippen LogP contribution is 2.15. The van der Waals surface area contributed by atoms with E-state index in [-0.39, 0.29) is 24.5 Å². The highest BCUT2D eigenvalue weighted by molar-refractivity contribution is 5.80. The first-order chi connectivity index (χ1) is 19.5. The van der Waals surface area contributed by atoms with Crippen LogP contribution in [0.25, 0.3) is 0 Å². The maximum Gasteiger partial charge on any atom is 0.322 e. The van der Waals surface area contributed by atoms with Crippen LogP contribution in [-0.2, 0) is 19.1 Å². The molecular formula is C34H59NO5. The molecule has 2 N–H and O–H groups in total. The van der Waals surface area contributed by atoms with Crippen molar-refractivity contribution in [3.05, 3.63) is 36.5 Å². The summed E-state index contributed by atoms with van der Waals surface area (Å²) in [5.74, 6) is -1.37. The van der Waals surface area contributed by atoms with Gasteiger partial charge in [0.25, 0.3) is 0 Å². The van der Waals surface area contributed by atoms with E-state index in [2.05, 4.69) is 49.5 Å². The molecule has 1 amide bonds. The summed E-state index contributed by atoms with van der Waals surface area (Å²) in [6.45, 7) is 4.05. The van der Waals surface area contributed by atoms with Crippen molar-refractivity contribution in [3.8, 4) is 0 Å². The minimum atomic E-state index is -1.03. The Morgan fingerprint density at radius 2 is 1.20 bits per heavy atom. The van der Waals surface area contributed by atoms with E-state index in [0.717, 1.165) is 64.2 Å². The average Bonchev–Trinajstić information content (AvgIpc) is 2.93. The van der Waals surface area contributed by atoms with Gasteiger partial charge >= 0.3 is 11.9 Å². The third kappa shape index (κ3) is 28.6. The Hall–Kier alpha value is -2.37. The molecule has 0 saturated carbocycles. The molecule has 0 aromatic rings. The topological polar surface area (TPSA) is 92.7 Å². The monoisotopic (exact) mass is 561 g/mol. The van der Waals surface area contributed by atoms with Crippen LogP contribution in [-0.4, -0.2) is 35.6 Å². The van der Waals surface area contributed by atoms with Gasteiger partial charge in [-0.3, -0.25) is 14.4 Å². The Morgan fingerprint density at radius 3 is 1.80 bits per heavy atom. The van der Waals surface area contributed by atoms with Crippen molar-refractivity contribution in [1.82, 2.24) is 5.32 Å². The molecule has 1 unspecified atom stereocenters. The third-order valence-corrected chi connectivity index (χ3v) is 6.81. The molecule has 0 heterocycles. The maximum atomic E-state index is 12.5.